The molecule has 14 heavy (non-hydrogen) atoms. The van der Waals surface area contributed by atoms with Gasteiger partial charge in [0.1, 0.15) is 0 Å². The van der Waals surface area contributed by atoms with Gasteiger partial charge in [0, 0.05) is 7.05 Å². The van der Waals surface area contributed by atoms with Crippen molar-refractivity contribution in [2.45, 2.75) is 0 Å². The number of nitrogens with one attached hydrogen (secondary N) is 1. The summed E-state index contributed by atoms with van der Waals surface area (Å²) in [5, 5.41) is 2.27. The van der Waals surface area contributed by atoms with Crippen molar-refractivity contribution >= 4 is 11.6 Å². The maximum absolute atomic E-state index is 13.0. The molecule has 76 valence electrons. The van der Waals surface area contributed by atoms with Gasteiger partial charge in [-0.15, -0.1) is 0 Å². The number of rotatable bonds is 1. The number of anilines is 1. The van der Waals surface area contributed by atoms with Crippen LogP contribution in [0.4, 0.5) is 18.9 Å². The summed E-state index contributed by atoms with van der Waals surface area (Å²) in [6, 6.07) is 1.83. The van der Waals surface area contributed by atoms with Gasteiger partial charge in [0.25, 0.3) is 0 Å². The van der Waals surface area contributed by atoms with Crippen molar-refractivity contribution in [1.82, 2.24) is 0 Å². The molecule has 1 aromatic rings. The van der Waals surface area contributed by atoms with Gasteiger partial charge in [0.15, 0.2) is 23.4 Å². The monoisotopic (exact) mass is 203 g/mol. The summed E-state index contributed by atoms with van der Waals surface area (Å²) in [5.74, 6) is -4.20. The van der Waals surface area contributed by atoms with Crippen LogP contribution in [0.15, 0.2) is 17.1 Å². The largest absolute Gasteiger partial charge is 0.370 e. The number of benzene rings is 1. The lowest BCUT2D eigenvalue weighted by atomic mass is 10.3. The minimum atomic E-state index is -1.54. The van der Waals surface area contributed by atoms with Crippen LogP contribution in [0, 0.1) is 17.5 Å². The summed E-state index contributed by atoms with van der Waals surface area (Å²) in [4.78, 5) is 3.48. The van der Waals surface area contributed by atoms with E-state index in [1.54, 1.807) is 0 Å². The summed E-state index contributed by atoms with van der Waals surface area (Å²) >= 11 is 0. The first-order valence-electron chi connectivity index (χ1n) is 3.69. The Morgan fingerprint density at radius 2 is 1.93 bits per heavy atom. The van der Waals surface area contributed by atoms with Crippen LogP contribution in [-0.4, -0.2) is 13.0 Å². The Labute approximate surface area is 78.4 Å². The number of halogens is 3. The van der Waals surface area contributed by atoms with Crippen LogP contribution in [0.2, 0.25) is 0 Å². The smallest absolute Gasteiger partial charge is 0.196 e. The Morgan fingerprint density at radius 3 is 2.50 bits per heavy atom. The molecule has 0 saturated carbocycles. The van der Waals surface area contributed by atoms with Gasteiger partial charge in [0.05, 0.1) is 5.69 Å². The normalized spacial score (nSPS) is 11.6. The fourth-order valence-electron chi connectivity index (χ4n) is 0.816. The van der Waals surface area contributed by atoms with E-state index >= 15 is 0 Å². The lowest BCUT2D eigenvalue weighted by molar-refractivity contribution is 0.449. The van der Waals surface area contributed by atoms with Crippen molar-refractivity contribution in [2.24, 2.45) is 10.7 Å². The standard InChI is InChI=1S/C8H8F3N3/c1-13-8(12)14-5-3-2-4(9)6(10)7(5)11/h2-3H,1H3,(H3,12,13,14). The zero-order valence-corrected chi connectivity index (χ0v) is 7.31. The summed E-state index contributed by atoms with van der Waals surface area (Å²) < 4.78 is 38.1. The van der Waals surface area contributed by atoms with E-state index in [9.17, 15) is 13.2 Å². The number of nitrogens with zero attached hydrogens (tertiary/aromatic N) is 1. The lowest BCUT2D eigenvalue weighted by Gasteiger charge is -2.06. The molecule has 0 saturated heterocycles. The highest BCUT2D eigenvalue weighted by atomic mass is 19.2. The highest BCUT2D eigenvalue weighted by Gasteiger charge is 2.13. The molecule has 1 rings (SSSR count). The fraction of sp³-hybridized carbons (Fsp3) is 0.125. The van der Waals surface area contributed by atoms with E-state index < -0.39 is 17.5 Å². The number of hydrogen-bond acceptors (Lipinski definition) is 1. The molecule has 3 N–H and O–H groups in total. The quantitative estimate of drug-likeness (QED) is 0.412. The second-order valence-electron chi connectivity index (χ2n) is 2.46. The molecule has 0 atom stereocenters. The van der Waals surface area contributed by atoms with Crippen molar-refractivity contribution in [3.05, 3.63) is 29.6 Å². The first-order chi connectivity index (χ1) is 6.56. The molecule has 6 heteroatoms. The Bertz CT molecular complexity index is 376. The Hall–Kier alpha value is -1.72. The molecule has 0 aliphatic carbocycles. The zero-order chi connectivity index (χ0) is 10.7. The van der Waals surface area contributed by atoms with Gasteiger partial charge in [-0.2, -0.15) is 0 Å². The van der Waals surface area contributed by atoms with Crippen LogP contribution in [-0.2, 0) is 0 Å². The topological polar surface area (TPSA) is 50.4 Å². The van der Waals surface area contributed by atoms with E-state index in [0.717, 1.165) is 12.1 Å². The molecule has 0 heterocycles. The lowest BCUT2D eigenvalue weighted by Crippen LogP contribution is -2.23. The first-order valence-corrected chi connectivity index (χ1v) is 3.69. The summed E-state index contributed by atoms with van der Waals surface area (Å²) in [5.41, 5.74) is 4.96. The van der Waals surface area contributed by atoms with Crippen molar-refractivity contribution in [1.29, 1.82) is 0 Å². The number of guanidine groups is 1. The molecule has 0 aliphatic heterocycles. The van der Waals surface area contributed by atoms with Gasteiger partial charge in [-0.05, 0) is 12.1 Å². The maximum atomic E-state index is 13.0. The van der Waals surface area contributed by atoms with Crippen LogP contribution >= 0.6 is 0 Å². The van der Waals surface area contributed by atoms with Gasteiger partial charge in [-0.25, -0.2) is 13.2 Å². The van der Waals surface area contributed by atoms with Gasteiger partial charge in [0.2, 0.25) is 0 Å². The van der Waals surface area contributed by atoms with Gasteiger partial charge in [-0.1, -0.05) is 0 Å². The molecule has 0 fully saturated rings. The number of nitrogens with two attached hydrogens (primary N) is 1. The van der Waals surface area contributed by atoms with Crippen LogP contribution in [0.5, 0.6) is 0 Å². The average Bonchev–Trinajstić information content (AvgIpc) is 2.19. The Morgan fingerprint density at radius 1 is 1.29 bits per heavy atom. The van der Waals surface area contributed by atoms with E-state index in [1.165, 1.54) is 7.05 Å². The van der Waals surface area contributed by atoms with E-state index in [4.69, 9.17) is 5.73 Å². The van der Waals surface area contributed by atoms with Crippen molar-refractivity contribution in [3.63, 3.8) is 0 Å². The van der Waals surface area contributed by atoms with Crippen LogP contribution in [0.1, 0.15) is 0 Å². The minimum absolute atomic E-state index is 0.0880. The molecule has 1 aromatic carbocycles. The highest BCUT2D eigenvalue weighted by Crippen LogP contribution is 2.19. The summed E-state index contributed by atoms with van der Waals surface area (Å²) in [7, 11) is 1.38. The molecule has 0 unspecified atom stereocenters. The molecule has 0 amide bonds. The van der Waals surface area contributed by atoms with E-state index in [1.807, 2.05) is 0 Å². The second kappa shape index (κ2) is 3.99. The molecule has 0 aromatic heterocycles. The van der Waals surface area contributed by atoms with Crippen molar-refractivity contribution in [3.8, 4) is 0 Å². The molecule has 0 bridgehead atoms. The third-order valence-corrected chi connectivity index (χ3v) is 1.54. The Balaban J connectivity index is 3.06. The van der Waals surface area contributed by atoms with Gasteiger partial charge in [-0.3, -0.25) is 4.99 Å². The van der Waals surface area contributed by atoms with E-state index in [2.05, 4.69) is 10.3 Å². The second-order valence-corrected chi connectivity index (χ2v) is 2.46. The SMILES string of the molecule is CN=C(N)Nc1ccc(F)c(F)c1F. The molecule has 0 aliphatic rings. The summed E-state index contributed by atoms with van der Waals surface area (Å²) in [6.45, 7) is 0. The minimum Gasteiger partial charge on any atom is -0.370 e. The third kappa shape index (κ3) is 1.95. The highest BCUT2D eigenvalue weighted by molar-refractivity contribution is 5.92. The van der Waals surface area contributed by atoms with Crippen LogP contribution < -0.4 is 11.1 Å². The molecule has 0 radical (unpaired) electrons. The first kappa shape index (κ1) is 10.4. The van der Waals surface area contributed by atoms with Crippen molar-refractivity contribution < 1.29 is 13.2 Å². The van der Waals surface area contributed by atoms with Gasteiger partial charge < -0.3 is 11.1 Å². The van der Waals surface area contributed by atoms with Crippen molar-refractivity contribution in [2.75, 3.05) is 12.4 Å². The number of aliphatic imine (C=N–C) groups is 1. The van der Waals surface area contributed by atoms with E-state index in [-0.39, 0.29) is 11.6 Å². The zero-order valence-electron chi connectivity index (χ0n) is 7.31. The fourth-order valence-corrected chi connectivity index (χ4v) is 0.816. The maximum Gasteiger partial charge on any atom is 0.196 e. The van der Waals surface area contributed by atoms with Crippen LogP contribution in [0.3, 0.4) is 0 Å². The molecule has 0 spiro atoms. The van der Waals surface area contributed by atoms with Crippen LogP contribution in [0.25, 0.3) is 0 Å². The predicted octanol–water partition coefficient (Wildman–Crippen LogP) is 1.46. The number of hydrogen-bond donors (Lipinski definition) is 2. The molecule has 3 nitrogen and oxygen atoms in total. The Kier molecular flexibility index (Phi) is 2.95. The summed E-state index contributed by atoms with van der Waals surface area (Å²) in [6.07, 6.45) is 0. The third-order valence-electron chi connectivity index (χ3n) is 1.54. The predicted molar refractivity (Wildman–Crippen MR) is 47.5 cm³/mol. The molecular weight excluding hydrogens is 195 g/mol. The van der Waals surface area contributed by atoms with Gasteiger partial charge >= 0.3 is 0 Å². The molecular formula is C8H8F3N3. The average molecular weight is 203 g/mol. The van der Waals surface area contributed by atoms with E-state index in [0.29, 0.717) is 0 Å².